The first-order valence-corrected chi connectivity index (χ1v) is 8.88. The van der Waals surface area contributed by atoms with E-state index in [2.05, 4.69) is 42.9 Å². The molecule has 0 saturated heterocycles. The zero-order chi connectivity index (χ0) is 19.0. The Balaban J connectivity index is 1.95. The minimum absolute atomic E-state index is 0.261. The van der Waals surface area contributed by atoms with E-state index in [-0.39, 0.29) is 5.82 Å². The SMILES string of the molecule is Cc1cc(C)c(-c2nc(-c3ccccn3)c(-c3ccc(F)cc3)[nH]2)c(C)c1. The molecule has 0 atom stereocenters. The molecule has 0 spiro atoms. The normalized spacial score (nSPS) is 11.0. The van der Waals surface area contributed by atoms with E-state index in [1.165, 1.54) is 28.8 Å². The molecule has 2 aromatic heterocycles. The van der Waals surface area contributed by atoms with Crippen LogP contribution in [0.4, 0.5) is 4.39 Å². The lowest BCUT2D eigenvalue weighted by Gasteiger charge is -2.08. The van der Waals surface area contributed by atoms with Crippen LogP contribution in [0.5, 0.6) is 0 Å². The fourth-order valence-corrected chi connectivity index (χ4v) is 3.56. The molecule has 0 saturated carbocycles. The Morgan fingerprint density at radius 3 is 2.22 bits per heavy atom. The molecule has 3 nitrogen and oxygen atoms in total. The van der Waals surface area contributed by atoms with E-state index in [0.717, 1.165) is 34.0 Å². The van der Waals surface area contributed by atoms with Crippen molar-refractivity contribution in [3.8, 4) is 34.0 Å². The van der Waals surface area contributed by atoms with Gasteiger partial charge in [0.25, 0.3) is 0 Å². The van der Waals surface area contributed by atoms with E-state index in [9.17, 15) is 4.39 Å². The molecule has 2 heterocycles. The molecular weight excluding hydrogens is 337 g/mol. The number of nitrogens with zero attached hydrogens (tertiary/aromatic N) is 2. The Labute approximate surface area is 158 Å². The molecular formula is C23H20FN3. The number of nitrogens with one attached hydrogen (secondary N) is 1. The standard InChI is InChI=1S/C23H20FN3/c1-14-12-15(2)20(16(3)13-14)23-26-21(17-7-9-18(24)10-8-17)22(27-23)19-6-4-5-11-25-19/h4-13H,1-3H3,(H,26,27). The molecule has 0 aliphatic carbocycles. The number of hydrogen-bond donors (Lipinski definition) is 1. The average Bonchev–Trinajstić information content (AvgIpc) is 3.07. The van der Waals surface area contributed by atoms with Gasteiger partial charge < -0.3 is 4.98 Å². The zero-order valence-corrected chi connectivity index (χ0v) is 15.5. The summed E-state index contributed by atoms with van der Waals surface area (Å²) in [6.45, 7) is 6.28. The largest absolute Gasteiger partial charge is 0.337 e. The molecule has 1 N–H and O–H groups in total. The summed E-state index contributed by atoms with van der Waals surface area (Å²) in [5.41, 5.74) is 7.90. The molecule has 0 radical (unpaired) electrons. The van der Waals surface area contributed by atoms with Crippen LogP contribution < -0.4 is 0 Å². The van der Waals surface area contributed by atoms with Gasteiger partial charge in [-0.1, -0.05) is 23.8 Å². The summed E-state index contributed by atoms with van der Waals surface area (Å²) < 4.78 is 13.4. The van der Waals surface area contributed by atoms with Crippen molar-refractivity contribution >= 4 is 0 Å². The second-order valence-electron chi connectivity index (χ2n) is 6.80. The maximum atomic E-state index is 13.4. The fourth-order valence-electron chi connectivity index (χ4n) is 3.56. The Bertz CT molecular complexity index is 1070. The molecule has 2 aromatic carbocycles. The maximum Gasteiger partial charge on any atom is 0.139 e. The Hall–Kier alpha value is -3.27. The first-order valence-electron chi connectivity index (χ1n) is 8.88. The van der Waals surface area contributed by atoms with Crippen LogP contribution in [-0.2, 0) is 0 Å². The van der Waals surface area contributed by atoms with E-state index in [0.29, 0.717) is 0 Å². The number of rotatable bonds is 3. The number of H-pyrrole nitrogens is 1. The van der Waals surface area contributed by atoms with Gasteiger partial charge in [-0.25, -0.2) is 9.37 Å². The van der Waals surface area contributed by atoms with Gasteiger partial charge in [-0.3, -0.25) is 4.98 Å². The van der Waals surface area contributed by atoms with Crippen LogP contribution in [0.1, 0.15) is 16.7 Å². The summed E-state index contributed by atoms with van der Waals surface area (Å²) in [6.07, 6.45) is 1.75. The van der Waals surface area contributed by atoms with Crippen LogP contribution in [0.2, 0.25) is 0 Å². The molecule has 27 heavy (non-hydrogen) atoms. The lowest BCUT2D eigenvalue weighted by molar-refractivity contribution is 0.628. The molecule has 4 heteroatoms. The van der Waals surface area contributed by atoms with Crippen LogP contribution in [0, 0.1) is 26.6 Å². The van der Waals surface area contributed by atoms with Crippen LogP contribution in [0.15, 0.2) is 60.8 Å². The Kier molecular flexibility index (Phi) is 4.32. The van der Waals surface area contributed by atoms with Gasteiger partial charge in [0.15, 0.2) is 0 Å². The summed E-state index contributed by atoms with van der Waals surface area (Å²) >= 11 is 0. The van der Waals surface area contributed by atoms with E-state index >= 15 is 0 Å². The fraction of sp³-hybridized carbons (Fsp3) is 0.130. The number of imidazole rings is 1. The molecule has 0 amide bonds. The average molecular weight is 357 g/mol. The molecule has 4 aromatic rings. The van der Waals surface area contributed by atoms with E-state index in [1.54, 1.807) is 18.3 Å². The second-order valence-corrected chi connectivity index (χ2v) is 6.80. The van der Waals surface area contributed by atoms with Gasteiger partial charge in [0.1, 0.15) is 17.3 Å². The molecule has 0 aliphatic rings. The Morgan fingerprint density at radius 1 is 0.889 bits per heavy atom. The molecule has 0 unspecified atom stereocenters. The third-order valence-electron chi connectivity index (χ3n) is 4.66. The van der Waals surface area contributed by atoms with Crippen molar-refractivity contribution in [1.29, 1.82) is 0 Å². The van der Waals surface area contributed by atoms with Crippen LogP contribution in [0.3, 0.4) is 0 Å². The van der Waals surface area contributed by atoms with Gasteiger partial charge in [-0.15, -0.1) is 0 Å². The molecule has 0 bridgehead atoms. The molecule has 134 valence electrons. The number of hydrogen-bond acceptors (Lipinski definition) is 2. The molecule has 4 rings (SSSR count). The van der Waals surface area contributed by atoms with Crippen LogP contribution in [0.25, 0.3) is 34.0 Å². The number of benzene rings is 2. The van der Waals surface area contributed by atoms with Gasteiger partial charge >= 0.3 is 0 Å². The van der Waals surface area contributed by atoms with Crippen LogP contribution in [-0.4, -0.2) is 15.0 Å². The summed E-state index contributed by atoms with van der Waals surface area (Å²) in [7, 11) is 0. The maximum absolute atomic E-state index is 13.4. The summed E-state index contributed by atoms with van der Waals surface area (Å²) in [5, 5.41) is 0. The van der Waals surface area contributed by atoms with Crippen molar-refractivity contribution < 1.29 is 4.39 Å². The van der Waals surface area contributed by atoms with Crippen LogP contribution >= 0.6 is 0 Å². The number of pyridine rings is 1. The highest BCUT2D eigenvalue weighted by Crippen LogP contribution is 2.34. The predicted octanol–water partition coefficient (Wildman–Crippen LogP) is 5.87. The Morgan fingerprint density at radius 2 is 1.59 bits per heavy atom. The van der Waals surface area contributed by atoms with Crippen molar-refractivity contribution in [3.05, 3.63) is 83.3 Å². The van der Waals surface area contributed by atoms with Crippen molar-refractivity contribution in [1.82, 2.24) is 15.0 Å². The van der Waals surface area contributed by atoms with Gasteiger partial charge in [0, 0.05) is 17.3 Å². The summed E-state index contributed by atoms with van der Waals surface area (Å²) in [6, 6.07) is 16.5. The number of aromatic amines is 1. The summed E-state index contributed by atoms with van der Waals surface area (Å²) in [5.74, 6) is 0.535. The third kappa shape index (κ3) is 3.26. The van der Waals surface area contributed by atoms with Crippen molar-refractivity contribution in [2.24, 2.45) is 0 Å². The van der Waals surface area contributed by atoms with E-state index < -0.39 is 0 Å². The van der Waals surface area contributed by atoms with Gasteiger partial charge in [0.2, 0.25) is 0 Å². The monoisotopic (exact) mass is 357 g/mol. The predicted molar refractivity (Wildman–Crippen MR) is 107 cm³/mol. The number of aromatic nitrogens is 3. The van der Waals surface area contributed by atoms with E-state index in [1.807, 2.05) is 18.2 Å². The summed E-state index contributed by atoms with van der Waals surface area (Å²) in [4.78, 5) is 12.8. The molecule has 0 fully saturated rings. The highest BCUT2D eigenvalue weighted by Gasteiger charge is 2.18. The first kappa shape index (κ1) is 17.2. The topological polar surface area (TPSA) is 41.6 Å². The van der Waals surface area contributed by atoms with Gasteiger partial charge in [-0.2, -0.15) is 0 Å². The van der Waals surface area contributed by atoms with Crippen molar-refractivity contribution in [3.63, 3.8) is 0 Å². The van der Waals surface area contributed by atoms with Gasteiger partial charge in [-0.05, 0) is 68.3 Å². The number of aryl methyl sites for hydroxylation is 3. The second kappa shape index (κ2) is 6.80. The smallest absolute Gasteiger partial charge is 0.139 e. The quantitative estimate of drug-likeness (QED) is 0.498. The first-order chi connectivity index (χ1) is 13.0. The lowest BCUT2D eigenvalue weighted by atomic mass is 9.99. The highest BCUT2D eigenvalue weighted by molar-refractivity contribution is 5.80. The highest BCUT2D eigenvalue weighted by atomic mass is 19.1. The van der Waals surface area contributed by atoms with E-state index in [4.69, 9.17) is 4.98 Å². The van der Waals surface area contributed by atoms with Crippen molar-refractivity contribution in [2.75, 3.05) is 0 Å². The van der Waals surface area contributed by atoms with Crippen molar-refractivity contribution in [2.45, 2.75) is 20.8 Å². The number of halogens is 1. The molecule has 0 aliphatic heterocycles. The lowest BCUT2D eigenvalue weighted by Crippen LogP contribution is -1.92. The minimum atomic E-state index is -0.261. The minimum Gasteiger partial charge on any atom is -0.337 e. The van der Waals surface area contributed by atoms with Gasteiger partial charge in [0.05, 0.1) is 11.4 Å². The zero-order valence-electron chi connectivity index (χ0n) is 15.5. The third-order valence-corrected chi connectivity index (χ3v) is 4.66.